The summed E-state index contributed by atoms with van der Waals surface area (Å²) in [6.45, 7) is 8.45. The first-order chi connectivity index (χ1) is 13.8. The maximum absolute atomic E-state index is 12.4. The van der Waals surface area contributed by atoms with Crippen LogP contribution in [0.1, 0.15) is 50.9 Å². The number of allylic oxidation sites excluding steroid dienone is 2. The molecule has 0 unspecified atom stereocenters. The van der Waals surface area contributed by atoms with E-state index < -0.39 is 5.97 Å². The van der Waals surface area contributed by atoms with Crippen LogP contribution in [0, 0.1) is 5.41 Å². The molecule has 1 aliphatic rings. The van der Waals surface area contributed by atoms with Gasteiger partial charge < -0.3 is 19.5 Å². The van der Waals surface area contributed by atoms with Crippen molar-refractivity contribution in [1.82, 2.24) is 0 Å². The third-order valence-corrected chi connectivity index (χ3v) is 4.40. The zero-order chi connectivity index (χ0) is 21.4. The van der Waals surface area contributed by atoms with Crippen molar-refractivity contribution in [1.29, 1.82) is 0 Å². The van der Waals surface area contributed by atoms with E-state index in [0.29, 0.717) is 23.6 Å². The quantitative estimate of drug-likeness (QED) is 0.662. The summed E-state index contributed by atoms with van der Waals surface area (Å²) in [5, 5.41) is 3.35. The highest BCUT2D eigenvalue weighted by atomic mass is 16.5. The Bertz CT molecular complexity index is 811. The summed E-state index contributed by atoms with van der Waals surface area (Å²) in [6, 6.07) is 5.24. The van der Waals surface area contributed by atoms with Crippen molar-refractivity contribution >= 4 is 23.3 Å². The molecular weight excluding hydrogens is 372 g/mol. The molecule has 0 spiro atoms. The Morgan fingerprint density at radius 2 is 1.86 bits per heavy atom. The number of aliphatic imine (C=N–C) groups is 1. The van der Waals surface area contributed by atoms with E-state index in [2.05, 4.69) is 24.2 Å². The van der Waals surface area contributed by atoms with E-state index >= 15 is 0 Å². The molecule has 1 aliphatic carbocycles. The van der Waals surface area contributed by atoms with Gasteiger partial charge >= 0.3 is 11.9 Å². The lowest BCUT2D eigenvalue weighted by atomic mass is 9.78. The molecule has 0 bridgehead atoms. The van der Waals surface area contributed by atoms with Gasteiger partial charge in [-0.25, -0.2) is 4.79 Å². The summed E-state index contributed by atoms with van der Waals surface area (Å²) in [6.07, 6.45) is 3.47. The summed E-state index contributed by atoms with van der Waals surface area (Å²) in [5.41, 5.74) is 2.74. The maximum atomic E-state index is 12.4. The lowest BCUT2D eigenvalue weighted by Gasteiger charge is -2.31. The first-order valence-electron chi connectivity index (χ1n) is 9.79. The second-order valence-electron chi connectivity index (χ2n) is 7.56. The van der Waals surface area contributed by atoms with Gasteiger partial charge in [0.05, 0.1) is 31.6 Å². The number of anilines is 1. The van der Waals surface area contributed by atoms with Gasteiger partial charge in [0, 0.05) is 11.4 Å². The average Bonchev–Trinajstić information content (AvgIpc) is 2.66. The third-order valence-electron chi connectivity index (χ3n) is 4.40. The Balaban J connectivity index is 2.29. The first kappa shape index (κ1) is 22.5. The summed E-state index contributed by atoms with van der Waals surface area (Å²) >= 11 is 0. The van der Waals surface area contributed by atoms with Gasteiger partial charge in [-0.2, -0.15) is 0 Å². The Morgan fingerprint density at radius 3 is 2.52 bits per heavy atom. The smallest absolute Gasteiger partial charge is 0.340 e. The number of esters is 2. The fourth-order valence-corrected chi connectivity index (χ4v) is 3.24. The van der Waals surface area contributed by atoms with Crippen molar-refractivity contribution < 1.29 is 23.8 Å². The van der Waals surface area contributed by atoms with Crippen molar-refractivity contribution in [3.63, 3.8) is 0 Å². The molecular formula is C22H30N2O5. The van der Waals surface area contributed by atoms with Crippen LogP contribution >= 0.6 is 0 Å². The van der Waals surface area contributed by atoms with Gasteiger partial charge in [0.25, 0.3) is 0 Å². The highest BCUT2D eigenvalue weighted by molar-refractivity contribution is 5.99. The van der Waals surface area contributed by atoms with Crippen LogP contribution in [0.2, 0.25) is 0 Å². The highest BCUT2D eigenvalue weighted by Crippen LogP contribution is 2.35. The second kappa shape index (κ2) is 10.1. The maximum Gasteiger partial charge on any atom is 0.340 e. The van der Waals surface area contributed by atoms with E-state index in [4.69, 9.17) is 14.2 Å². The van der Waals surface area contributed by atoms with Crippen LogP contribution in [0.15, 0.2) is 35.0 Å². The van der Waals surface area contributed by atoms with Gasteiger partial charge in [-0.1, -0.05) is 13.8 Å². The zero-order valence-electron chi connectivity index (χ0n) is 17.8. The van der Waals surface area contributed by atoms with Crippen molar-refractivity contribution in [3.8, 4) is 5.75 Å². The summed E-state index contributed by atoms with van der Waals surface area (Å²) in [5.74, 6) is -0.181. The van der Waals surface area contributed by atoms with Gasteiger partial charge in [0.1, 0.15) is 12.3 Å². The third kappa shape index (κ3) is 6.62. The van der Waals surface area contributed by atoms with Gasteiger partial charge in [-0.3, -0.25) is 9.79 Å². The molecule has 158 valence electrons. The van der Waals surface area contributed by atoms with Crippen molar-refractivity contribution in [3.05, 3.63) is 35.5 Å². The van der Waals surface area contributed by atoms with E-state index in [-0.39, 0.29) is 24.5 Å². The van der Waals surface area contributed by atoms with E-state index in [9.17, 15) is 9.59 Å². The van der Waals surface area contributed by atoms with E-state index in [0.717, 1.165) is 24.3 Å². The number of carbonyl (C=O) groups excluding carboxylic acids is 2. The lowest BCUT2D eigenvalue weighted by Crippen LogP contribution is -2.25. The lowest BCUT2D eigenvalue weighted by molar-refractivity contribution is -0.141. The zero-order valence-corrected chi connectivity index (χ0v) is 17.8. The summed E-state index contributed by atoms with van der Waals surface area (Å²) in [4.78, 5) is 28.4. The van der Waals surface area contributed by atoms with Crippen molar-refractivity contribution in [2.45, 2.75) is 40.5 Å². The SMILES string of the molecule is CCOC(=O)CN=C1C=C(Nc2ccc(OC)cc2C(=O)OCC)CC(C)(C)C1. The minimum absolute atomic E-state index is 0.000352. The monoisotopic (exact) mass is 402 g/mol. The van der Waals surface area contributed by atoms with Gasteiger partial charge in [0.15, 0.2) is 0 Å². The highest BCUT2D eigenvalue weighted by Gasteiger charge is 2.27. The standard InChI is InChI=1S/C22H30N2O5/c1-6-28-20(25)14-23-15-10-16(13-22(3,4)12-15)24-19-9-8-17(27-5)11-18(19)21(26)29-7-2/h8-11,24H,6-7,12-14H2,1-5H3. The molecule has 7 heteroatoms. The van der Waals surface area contributed by atoms with Crippen molar-refractivity contribution in [2.75, 3.05) is 32.2 Å². The van der Waals surface area contributed by atoms with E-state index in [1.807, 2.05) is 6.08 Å². The first-order valence-corrected chi connectivity index (χ1v) is 9.79. The number of hydrogen-bond donors (Lipinski definition) is 1. The number of carbonyl (C=O) groups is 2. The van der Waals surface area contributed by atoms with Gasteiger partial charge in [0.2, 0.25) is 0 Å². The largest absolute Gasteiger partial charge is 0.497 e. The molecule has 2 rings (SSSR count). The molecule has 1 aromatic rings. The molecule has 0 fully saturated rings. The molecule has 0 aromatic heterocycles. The molecule has 0 saturated heterocycles. The number of nitrogens with zero attached hydrogens (tertiary/aromatic N) is 1. The van der Waals surface area contributed by atoms with Crippen LogP contribution in [-0.4, -0.2) is 44.5 Å². The Kier molecular flexibility index (Phi) is 7.82. The molecule has 0 radical (unpaired) electrons. The normalized spacial score (nSPS) is 16.7. The van der Waals surface area contributed by atoms with Crippen molar-refractivity contribution in [2.24, 2.45) is 10.4 Å². The van der Waals surface area contributed by atoms with Gasteiger partial charge in [-0.05, 0) is 56.4 Å². The van der Waals surface area contributed by atoms with Crippen LogP contribution < -0.4 is 10.1 Å². The van der Waals surface area contributed by atoms with Crippen LogP contribution in [-0.2, 0) is 14.3 Å². The number of hydrogen-bond acceptors (Lipinski definition) is 7. The minimum Gasteiger partial charge on any atom is -0.497 e. The van der Waals surface area contributed by atoms with Crippen LogP contribution in [0.3, 0.4) is 0 Å². The molecule has 1 N–H and O–H groups in total. The predicted octanol–water partition coefficient (Wildman–Crippen LogP) is 3.99. The molecule has 0 aliphatic heterocycles. The topological polar surface area (TPSA) is 86.2 Å². The average molecular weight is 402 g/mol. The molecule has 0 atom stereocenters. The summed E-state index contributed by atoms with van der Waals surface area (Å²) < 4.78 is 15.4. The fraction of sp³-hybridized carbons (Fsp3) is 0.500. The number of benzene rings is 1. The molecule has 0 saturated carbocycles. The summed E-state index contributed by atoms with van der Waals surface area (Å²) in [7, 11) is 1.55. The predicted molar refractivity (Wildman–Crippen MR) is 113 cm³/mol. The Labute approximate surface area is 172 Å². The minimum atomic E-state index is -0.416. The number of rotatable bonds is 8. The molecule has 1 aromatic carbocycles. The van der Waals surface area contributed by atoms with E-state index in [1.165, 1.54) is 0 Å². The number of nitrogens with one attached hydrogen (secondary N) is 1. The number of ether oxygens (including phenoxy) is 3. The van der Waals surface area contributed by atoms with Crippen LogP contribution in [0.25, 0.3) is 0 Å². The van der Waals surface area contributed by atoms with E-state index in [1.54, 1.807) is 39.2 Å². The Morgan fingerprint density at radius 1 is 1.14 bits per heavy atom. The second-order valence-corrected chi connectivity index (χ2v) is 7.56. The van der Waals surface area contributed by atoms with Crippen LogP contribution in [0.5, 0.6) is 5.75 Å². The van der Waals surface area contributed by atoms with Gasteiger partial charge in [-0.15, -0.1) is 0 Å². The molecule has 7 nitrogen and oxygen atoms in total. The molecule has 0 heterocycles. The number of methoxy groups -OCH3 is 1. The van der Waals surface area contributed by atoms with Crippen LogP contribution in [0.4, 0.5) is 5.69 Å². The fourth-order valence-electron chi connectivity index (χ4n) is 3.24. The molecule has 0 amide bonds. The Hall–Kier alpha value is -2.83. The molecule has 29 heavy (non-hydrogen) atoms.